The zero-order chi connectivity index (χ0) is 18.1. The number of hydrogen-bond acceptors (Lipinski definition) is 4. The highest BCUT2D eigenvalue weighted by Gasteiger charge is 2.24. The van der Waals surface area contributed by atoms with Crippen LogP contribution in [0, 0.1) is 5.92 Å². The smallest absolute Gasteiger partial charge is 0.240 e. The van der Waals surface area contributed by atoms with E-state index in [1.54, 1.807) is 37.4 Å². The molecular formula is C17H29IN4O3S. The number of nitrogens with zero attached hydrogens (tertiary/aromatic N) is 2. The van der Waals surface area contributed by atoms with Gasteiger partial charge in [0.25, 0.3) is 0 Å². The van der Waals surface area contributed by atoms with Crippen LogP contribution in [0.2, 0.25) is 0 Å². The molecule has 2 N–H and O–H groups in total. The third kappa shape index (κ3) is 7.01. The highest BCUT2D eigenvalue weighted by atomic mass is 127. The molecular weight excluding hydrogens is 467 g/mol. The number of ether oxygens (including phenoxy) is 1. The molecule has 148 valence electrons. The van der Waals surface area contributed by atoms with E-state index >= 15 is 0 Å². The second kappa shape index (κ2) is 11.7. The van der Waals surface area contributed by atoms with E-state index < -0.39 is 10.0 Å². The van der Waals surface area contributed by atoms with Crippen molar-refractivity contribution in [3.63, 3.8) is 0 Å². The molecule has 1 aliphatic rings. The Kier molecular flexibility index (Phi) is 10.4. The number of aliphatic imine (C=N–C) groups is 1. The van der Waals surface area contributed by atoms with Crippen molar-refractivity contribution in [2.24, 2.45) is 10.9 Å². The Balaban J connectivity index is 0.00000338. The third-order valence-corrected chi connectivity index (χ3v) is 5.52. The van der Waals surface area contributed by atoms with Gasteiger partial charge in [-0.2, -0.15) is 0 Å². The lowest BCUT2D eigenvalue weighted by Crippen LogP contribution is -2.40. The monoisotopic (exact) mass is 496 g/mol. The molecule has 1 unspecified atom stereocenters. The Morgan fingerprint density at radius 2 is 2.08 bits per heavy atom. The van der Waals surface area contributed by atoms with Gasteiger partial charge in [-0.25, -0.2) is 13.1 Å². The van der Waals surface area contributed by atoms with Gasteiger partial charge in [-0.3, -0.25) is 4.99 Å². The number of methoxy groups -OCH3 is 1. The number of hydrogen-bond donors (Lipinski definition) is 2. The van der Waals surface area contributed by atoms with Crippen molar-refractivity contribution in [1.82, 2.24) is 14.9 Å². The third-order valence-electron chi connectivity index (χ3n) is 4.04. The number of guanidine groups is 1. The van der Waals surface area contributed by atoms with Gasteiger partial charge in [-0.1, -0.05) is 18.2 Å². The maximum atomic E-state index is 12.2. The molecule has 1 atom stereocenters. The largest absolute Gasteiger partial charge is 0.384 e. The molecule has 0 spiro atoms. The molecule has 0 amide bonds. The van der Waals surface area contributed by atoms with E-state index in [4.69, 9.17) is 4.74 Å². The SMILES string of the molecule is CCNC(=NCCNS(=O)(=O)c1ccccc1)N1CCC(COC)C1.I. The van der Waals surface area contributed by atoms with Gasteiger partial charge < -0.3 is 15.0 Å². The summed E-state index contributed by atoms with van der Waals surface area (Å²) in [7, 11) is -1.75. The van der Waals surface area contributed by atoms with E-state index in [0.29, 0.717) is 12.5 Å². The highest BCUT2D eigenvalue weighted by molar-refractivity contribution is 14.0. The van der Waals surface area contributed by atoms with Gasteiger partial charge in [0.15, 0.2) is 5.96 Å². The molecule has 0 aliphatic carbocycles. The van der Waals surface area contributed by atoms with E-state index in [9.17, 15) is 8.42 Å². The molecule has 2 rings (SSSR count). The summed E-state index contributed by atoms with van der Waals surface area (Å²) in [5.74, 6) is 1.35. The summed E-state index contributed by atoms with van der Waals surface area (Å²) in [5.41, 5.74) is 0. The van der Waals surface area contributed by atoms with Gasteiger partial charge >= 0.3 is 0 Å². The summed E-state index contributed by atoms with van der Waals surface area (Å²) in [6.07, 6.45) is 1.08. The molecule has 1 heterocycles. The number of likely N-dealkylation sites (tertiary alicyclic amines) is 1. The quantitative estimate of drug-likeness (QED) is 0.247. The number of benzene rings is 1. The molecule has 1 aromatic carbocycles. The van der Waals surface area contributed by atoms with Gasteiger partial charge in [-0.15, -0.1) is 24.0 Å². The molecule has 0 aromatic heterocycles. The Hall–Kier alpha value is -0.910. The summed E-state index contributed by atoms with van der Waals surface area (Å²) in [4.78, 5) is 7.03. The topological polar surface area (TPSA) is 83.0 Å². The van der Waals surface area contributed by atoms with Crippen LogP contribution in [0.5, 0.6) is 0 Å². The first kappa shape index (κ1) is 23.1. The normalized spacial score (nSPS) is 17.8. The first-order valence-corrected chi connectivity index (χ1v) is 10.1. The second-order valence-electron chi connectivity index (χ2n) is 6.00. The zero-order valence-electron chi connectivity index (χ0n) is 15.3. The minimum absolute atomic E-state index is 0. The molecule has 0 radical (unpaired) electrons. The van der Waals surface area contributed by atoms with Crippen molar-refractivity contribution in [2.75, 3.05) is 46.4 Å². The van der Waals surface area contributed by atoms with Crippen molar-refractivity contribution >= 4 is 40.0 Å². The average Bonchev–Trinajstić information content (AvgIpc) is 3.07. The van der Waals surface area contributed by atoms with Crippen LogP contribution in [0.15, 0.2) is 40.2 Å². The lowest BCUT2D eigenvalue weighted by molar-refractivity contribution is 0.157. The summed E-state index contributed by atoms with van der Waals surface area (Å²) < 4.78 is 32.2. The van der Waals surface area contributed by atoms with Crippen LogP contribution < -0.4 is 10.0 Å². The molecule has 9 heteroatoms. The van der Waals surface area contributed by atoms with Crippen molar-refractivity contribution in [3.05, 3.63) is 30.3 Å². The predicted octanol–water partition coefficient (Wildman–Crippen LogP) is 1.52. The standard InChI is InChI=1S/C17H28N4O3S.HI/c1-3-18-17(21-12-9-15(13-21)14-24-2)19-10-11-20-25(22,23)16-7-5-4-6-8-16;/h4-8,15,20H,3,9-14H2,1-2H3,(H,18,19);1H. The van der Waals surface area contributed by atoms with Crippen LogP contribution in [0.3, 0.4) is 0 Å². The first-order valence-electron chi connectivity index (χ1n) is 8.63. The fraction of sp³-hybridized carbons (Fsp3) is 0.588. The summed E-state index contributed by atoms with van der Waals surface area (Å²) in [6.45, 7) is 6.06. The Labute approximate surface area is 173 Å². The summed E-state index contributed by atoms with van der Waals surface area (Å²) in [6, 6.07) is 8.37. The van der Waals surface area contributed by atoms with Crippen molar-refractivity contribution in [2.45, 2.75) is 18.2 Å². The summed E-state index contributed by atoms with van der Waals surface area (Å²) in [5, 5.41) is 3.27. The van der Waals surface area contributed by atoms with Gasteiger partial charge in [0.2, 0.25) is 10.0 Å². The second-order valence-corrected chi connectivity index (χ2v) is 7.77. The van der Waals surface area contributed by atoms with Gasteiger partial charge in [0, 0.05) is 39.2 Å². The van der Waals surface area contributed by atoms with E-state index in [-0.39, 0.29) is 35.4 Å². The van der Waals surface area contributed by atoms with E-state index in [1.165, 1.54) is 0 Å². The van der Waals surface area contributed by atoms with Crippen molar-refractivity contribution in [3.8, 4) is 0 Å². The number of rotatable bonds is 8. The molecule has 7 nitrogen and oxygen atoms in total. The van der Waals surface area contributed by atoms with Crippen LogP contribution in [-0.2, 0) is 14.8 Å². The van der Waals surface area contributed by atoms with Gasteiger partial charge in [0.1, 0.15) is 0 Å². The van der Waals surface area contributed by atoms with Gasteiger partial charge in [-0.05, 0) is 25.5 Å². The Morgan fingerprint density at radius 3 is 2.73 bits per heavy atom. The van der Waals surface area contributed by atoms with Crippen LogP contribution in [0.1, 0.15) is 13.3 Å². The van der Waals surface area contributed by atoms with Crippen LogP contribution in [0.25, 0.3) is 0 Å². The lowest BCUT2D eigenvalue weighted by atomic mass is 10.1. The highest BCUT2D eigenvalue weighted by Crippen LogP contribution is 2.16. The fourth-order valence-electron chi connectivity index (χ4n) is 2.85. The predicted molar refractivity (Wildman–Crippen MR) is 115 cm³/mol. The Morgan fingerprint density at radius 1 is 1.35 bits per heavy atom. The van der Waals surface area contributed by atoms with Crippen LogP contribution in [0.4, 0.5) is 0 Å². The number of halogens is 1. The summed E-state index contributed by atoms with van der Waals surface area (Å²) >= 11 is 0. The molecule has 0 bridgehead atoms. The maximum Gasteiger partial charge on any atom is 0.240 e. The van der Waals surface area contributed by atoms with Crippen molar-refractivity contribution in [1.29, 1.82) is 0 Å². The molecule has 1 aliphatic heterocycles. The number of nitrogens with one attached hydrogen (secondary N) is 2. The lowest BCUT2D eigenvalue weighted by Gasteiger charge is -2.21. The molecule has 26 heavy (non-hydrogen) atoms. The molecule has 1 fully saturated rings. The van der Waals surface area contributed by atoms with Gasteiger partial charge in [0.05, 0.1) is 18.0 Å². The van der Waals surface area contributed by atoms with E-state index in [0.717, 1.165) is 38.6 Å². The molecule has 1 saturated heterocycles. The molecule has 1 aromatic rings. The van der Waals surface area contributed by atoms with Crippen LogP contribution >= 0.6 is 24.0 Å². The first-order chi connectivity index (χ1) is 12.1. The minimum Gasteiger partial charge on any atom is -0.384 e. The average molecular weight is 496 g/mol. The van der Waals surface area contributed by atoms with E-state index in [2.05, 4.69) is 19.9 Å². The molecule has 0 saturated carbocycles. The number of sulfonamides is 1. The Bertz CT molecular complexity index is 655. The zero-order valence-corrected chi connectivity index (χ0v) is 18.5. The van der Waals surface area contributed by atoms with Crippen molar-refractivity contribution < 1.29 is 13.2 Å². The van der Waals surface area contributed by atoms with Crippen LogP contribution in [-0.4, -0.2) is 65.7 Å². The minimum atomic E-state index is -3.48. The maximum absolute atomic E-state index is 12.2. The van der Waals surface area contributed by atoms with E-state index in [1.807, 2.05) is 6.92 Å². The fourth-order valence-corrected chi connectivity index (χ4v) is 3.89.